The summed E-state index contributed by atoms with van der Waals surface area (Å²) < 4.78 is 0. The summed E-state index contributed by atoms with van der Waals surface area (Å²) in [4.78, 5) is 17.9. The van der Waals surface area contributed by atoms with E-state index in [4.69, 9.17) is 0 Å². The van der Waals surface area contributed by atoms with Gasteiger partial charge in [-0.05, 0) is 38.1 Å². The quantitative estimate of drug-likeness (QED) is 0.291. The van der Waals surface area contributed by atoms with Crippen molar-refractivity contribution in [1.29, 1.82) is 0 Å². The number of hydrogen-bond donors (Lipinski definition) is 0. The van der Waals surface area contributed by atoms with Gasteiger partial charge in [0, 0.05) is 45.3 Å². The molecular weight excluding hydrogens is 368 g/mol. The summed E-state index contributed by atoms with van der Waals surface area (Å²) in [7, 11) is 0. The van der Waals surface area contributed by atoms with Gasteiger partial charge in [0.2, 0.25) is 0 Å². The standard InChI is InChI=1S/C14H12N2.C12H8N2/c1-9-3-5-11-7-8-12-6-4-10(2)16-14(12)13(11)15-9;1-3-9-5-6-10-4-2-8-14-12(10)11(9)13-7-1/h3-8H,1-2H3;1-8H. The van der Waals surface area contributed by atoms with E-state index in [-0.39, 0.29) is 0 Å². The molecule has 0 saturated heterocycles. The van der Waals surface area contributed by atoms with Crippen molar-refractivity contribution < 1.29 is 0 Å². The zero-order valence-electron chi connectivity index (χ0n) is 16.9. The van der Waals surface area contributed by atoms with Crippen LogP contribution in [-0.4, -0.2) is 19.9 Å². The normalized spacial score (nSPS) is 11.0. The molecule has 0 aliphatic rings. The van der Waals surface area contributed by atoms with E-state index in [0.29, 0.717) is 0 Å². The smallest absolute Gasteiger partial charge is 0.0967 e. The zero-order chi connectivity index (χ0) is 20.5. The van der Waals surface area contributed by atoms with Crippen LogP contribution in [0.15, 0.2) is 85.2 Å². The van der Waals surface area contributed by atoms with Gasteiger partial charge in [0.1, 0.15) is 0 Å². The van der Waals surface area contributed by atoms with Gasteiger partial charge in [-0.3, -0.25) is 19.9 Å². The number of aryl methyl sites for hydroxylation is 2. The molecule has 6 aromatic rings. The number of nitrogens with zero attached hydrogens (tertiary/aromatic N) is 4. The van der Waals surface area contributed by atoms with Crippen LogP contribution >= 0.6 is 0 Å². The Balaban J connectivity index is 0.000000130. The molecule has 0 unspecified atom stereocenters. The number of pyridine rings is 4. The predicted octanol–water partition coefficient (Wildman–Crippen LogP) is 6.18. The molecular formula is C26H20N4. The summed E-state index contributed by atoms with van der Waals surface area (Å²) >= 11 is 0. The fourth-order valence-corrected chi connectivity index (χ4v) is 3.64. The van der Waals surface area contributed by atoms with Gasteiger partial charge < -0.3 is 0 Å². The second-order valence-electron chi connectivity index (χ2n) is 7.33. The summed E-state index contributed by atoms with van der Waals surface area (Å²) in [6, 6.07) is 24.6. The van der Waals surface area contributed by atoms with Crippen molar-refractivity contribution in [2.45, 2.75) is 13.8 Å². The molecule has 0 amide bonds. The van der Waals surface area contributed by atoms with Crippen LogP contribution in [0, 0.1) is 13.8 Å². The van der Waals surface area contributed by atoms with E-state index in [1.54, 1.807) is 12.4 Å². The number of aromatic nitrogens is 4. The molecule has 0 saturated carbocycles. The molecule has 0 aliphatic heterocycles. The molecule has 2 aromatic carbocycles. The van der Waals surface area contributed by atoms with Crippen molar-refractivity contribution in [3.63, 3.8) is 0 Å². The molecule has 0 radical (unpaired) electrons. The zero-order valence-corrected chi connectivity index (χ0v) is 16.9. The Morgan fingerprint density at radius 1 is 0.433 bits per heavy atom. The summed E-state index contributed by atoms with van der Waals surface area (Å²) in [6.45, 7) is 4.02. The number of benzene rings is 2. The fourth-order valence-electron chi connectivity index (χ4n) is 3.64. The van der Waals surface area contributed by atoms with Crippen molar-refractivity contribution in [1.82, 2.24) is 19.9 Å². The van der Waals surface area contributed by atoms with Crippen LogP contribution in [0.2, 0.25) is 0 Å². The highest BCUT2D eigenvalue weighted by Gasteiger charge is 2.03. The summed E-state index contributed by atoms with van der Waals surface area (Å²) in [5.41, 5.74) is 6.02. The first-order valence-corrected chi connectivity index (χ1v) is 9.91. The van der Waals surface area contributed by atoms with Crippen molar-refractivity contribution in [2.75, 3.05) is 0 Å². The first-order valence-electron chi connectivity index (χ1n) is 9.91. The topological polar surface area (TPSA) is 51.6 Å². The third kappa shape index (κ3) is 3.33. The van der Waals surface area contributed by atoms with Gasteiger partial charge in [0.25, 0.3) is 0 Å². The Labute approximate surface area is 174 Å². The lowest BCUT2D eigenvalue weighted by Gasteiger charge is -2.04. The Bertz CT molecular complexity index is 1410. The van der Waals surface area contributed by atoms with Gasteiger partial charge >= 0.3 is 0 Å². The molecule has 4 heteroatoms. The van der Waals surface area contributed by atoms with E-state index in [2.05, 4.69) is 68.5 Å². The Morgan fingerprint density at radius 2 is 0.800 bits per heavy atom. The highest BCUT2D eigenvalue weighted by molar-refractivity contribution is 6.03. The van der Waals surface area contributed by atoms with Crippen LogP contribution in [0.4, 0.5) is 0 Å². The first-order chi connectivity index (χ1) is 14.7. The lowest BCUT2D eigenvalue weighted by Crippen LogP contribution is -1.89. The highest BCUT2D eigenvalue weighted by atomic mass is 14.8. The van der Waals surface area contributed by atoms with Gasteiger partial charge in [-0.25, -0.2) is 0 Å². The van der Waals surface area contributed by atoms with E-state index >= 15 is 0 Å². The first kappa shape index (κ1) is 18.1. The number of fused-ring (bicyclic) bond motifs is 6. The molecule has 0 atom stereocenters. The molecule has 0 bridgehead atoms. The predicted molar refractivity (Wildman–Crippen MR) is 124 cm³/mol. The summed E-state index contributed by atoms with van der Waals surface area (Å²) in [5.74, 6) is 0. The molecule has 0 fully saturated rings. The Kier molecular flexibility index (Phi) is 4.52. The lowest BCUT2D eigenvalue weighted by molar-refractivity contribution is 1.23. The van der Waals surface area contributed by atoms with Crippen LogP contribution in [0.3, 0.4) is 0 Å². The molecule has 0 spiro atoms. The third-order valence-electron chi connectivity index (χ3n) is 5.14. The van der Waals surface area contributed by atoms with Crippen molar-refractivity contribution in [3.05, 3.63) is 96.6 Å². The fraction of sp³-hybridized carbons (Fsp3) is 0.0769. The molecule has 4 aromatic heterocycles. The van der Waals surface area contributed by atoms with Crippen LogP contribution in [0.25, 0.3) is 43.6 Å². The second kappa shape index (κ2) is 7.48. The average molecular weight is 388 g/mol. The van der Waals surface area contributed by atoms with Gasteiger partial charge in [0.05, 0.1) is 22.1 Å². The maximum Gasteiger partial charge on any atom is 0.0967 e. The SMILES string of the molecule is Cc1ccc2ccc3ccc(C)nc3c2n1.c1cnc2c(c1)ccc1cccnc12. The van der Waals surface area contributed by atoms with Crippen molar-refractivity contribution in [3.8, 4) is 0 Å². The number of hydrogen-bond acceptors (Lipinski definition) is 4. The van der Waals surface area contributed by atoms with E-state index in [1.807, 2.05) is 38.1 Å². The molecule has 0 aliphatic carbocycles. The molecule has 30 heavy (non-hydrogen) atoms. The van der Waals surface area contributed by atoms with Crippen LogP contribution in [0.1, 0.15) is 11.4 Å². The lowest BCUT2D eigenvalue weighted by atomic mass is 10.1. The van der Waals surface area contributed by atoms with Gasteiger partial charge in [-0.1, -0.05) is 48.5 Å². The molecule has 6 rings (SSSR count). The van der Waals surface area contributed by atoms with E-state index in [1.165, 1.54) is 0 Å². The minimum absolute atomic E-state index is 0.977. The van der Waals surface area contributed by atoms with Gasteiger partial charge in [0.15, 0.2) is 0 Å². The van der Waals surface area contributed by atoms with E-state index in [9.17, 15) is 0 Å². The molecule has 0 N–H and O–H groups in total. The average Bonchev–Trinajstić information content (AvgIpc) is 2.79. The largest absolute Gasteiger partial charge is 0.254 e. The minimum atomic E-state index is 0.977. The van der Waals surface area contributed by atoms with E-state index in [0.717, 1.165) is 55.0 Å². The summed E-state index contributed by atoms with van der Waals surface area (Å²) in [5, 5.41) is 4.57. The maximum absolute atomic E-state index is 4.58. The van der Waals surface area contributed by atoms with Gasteiger partial charge in [-0.2, -0.15) is 0 Å². The van der Waals surface area contributed by atoms with E-state index < -0.39 is 0 Å². The highest BCUT2D eigenvalue weighted by Crippen LogP contribution is 2.23. The van der Waals surface area contributed by atoms with Crippen LogP contribution in [-0.2, 0) is 0 Å². The monoisotopic (exact) mass is 388 g/mol. The molecule has 144 valence electrons. The number of rotatable bonds is 0. The van der Waals surface area contributed by atoms with Crippen LogP contribution in [0.5, 0.6) is 0 Å². The van der Waals surface area contributed by atoms with Crippen molar-refractivity contribution >= 4 is 43.6 Å². The second-order valence-corrected chi connectivity index (χ2v) is 7.33. The third-order valence-corrected chi connectivity index (χ3v) is 5.14. The minimum Gasteiger partial charge on any atom is -0.254 e. The van der Waals surface area contributed by atoms with Crippen LogP contribution < -0.4 is 0 Å². The van der Waals surface area contributed by atoms with Gasteiger partial charge in [-0.15, -0.1) is 0 Å². The van der Waals surface area contributed by atoms with Crippen molar-refractivity contribution in [2.24, 2.45) is 0 Å². The molecule has 4 nitrogen and oxygen atoms in total. The maximum atomic E-state index is 4.58. The molecule has 4 heterocycles. The Hall–Kier alpha value is -3.92. The summed E-state index contributed by atoms with van der Waals surface area (Å²) in [6.07, 6.45) is 3.60. The Morgan fingerprint density at radius 3 is 1.23 bits per heavy atom.